The molecule has 110 valence electrons. The monoisotopic (exact) mass is 294 g/mol. The molecule has 0 N–H and O–H groups in total. The van der Waals surface area contributed by atoms with Crippen LogP contribution in [0.4, 0.5) is 0 Å². The van der Waals surface area contributed by atoms with Crippen molar-refractivity contribution < 1.29 is 4.79 Å². The molecular weight excluding hydrogens is 272 g/mol. The van der Waals surface area contributed by atoms with Gasteiger partial charge in [-0.3, -0.25) is 9.48 Å². The van der Waals surface area contributed by atoms with Crippen LogP contribution in [-0.2, 0) is 24.2 Å². The molecule has 0 aliphatic heterocycles. The average Bonchev–Trinajstić information content (AvgIpc) is 2.63. The predicted molar refractivity (Wildman–Crippen MR) is 82.1 cm³/mol. The number of hydrogen-bond acceptors (Lipinski definition) is 2. The van der Waals surface area contributed by atoms with E-state index in [1.165, 1.54) is 5.57 Å². The first-order valence-corrected chi connectivity index (χ1v) is 7.70. The summed E-state index contributed by atoms with van der Waals surface area (Å²) in [4.78, 5) is 11.8. The number of carbonyl (C=O) groups is 1. The molecule has 0 unspecified atom stereocenters. The van der Waals surface area contributed by atoms with E-state index < -0.39 is 0 Å². The third-order valence-corrected chi connectivity index (χ3v) is 4.25. The van der Waals surface area contributed by atoms with Crippen molar-refractivity contribution in [1.29, 1.82) is 0 Å². The van der Waals surface area contributed by atoms with Gasteiger partial charge in [-0.15, -0.1) is 0 Å². The highest BCUT2D eigenvalue weighted by molar-refractivity contribution is 6.31. The molecule has 1 aliphatic carbocycles. The van der Waals surface area contributed by atoms with E-state index in [1.54, 1.807) is 6.08 Å². The van der Waals surface area contributed by atoms with Crippen LogP contribution in [0.3, 0.4) is 0 Å². The number of carbonyl (C=O) groups excluding carboxylic acids is 1. The average molecular weight is 295 g/mol. The molecule has 0 radical (unpaired) electrons. The second-order valence-corrected chi connectivity index (χ2v) is 6.72. The summed E-state index contributed by atoms with van der Waals surface area (Å²) in [5, 5.41) is 5.31. The minimum absolute atomic E-state index is 0.0539. The summed E-state index contributed by atoms with van der Waals surface area (Å²) in [6.07, 6.45) is 4.96. The molecule has 0 bridgehead atoms. The summed E-state index contributed by atoms with van der Waals surface area (Å²) >= 11 is 6.44. The topological polar surface area (TPSA) is 34.9 Å². The quantitative estimate of drug-likeness (QED) is 0.842. The van der Waals surface area contributed by atoms with Crippen LogP contribution >= 0.6 is 11.6 Å². The summed E-state index contributed by atoms with van der Waals surface area (Å²) in [6, 6.07) is 0. The lowest BCUT2D eigenvalue weighted by molar-refractivity contribution is -0.117. The zero-order valence-corrected chi connectivity index (χ0v) is 13.5. The van der Waals surface area contributed by atoms with Gasteiger partial charge in [-0.1, -0.05) is 37.9 Å². The number of rotatable bonds is 4. The number of ketones is 1. The minimum Gasteiger partial charge on any atom is -0.295 e. The number of hydrogen-bond donors (Lipinski definition) is 0. The number of nitrogens with zero attached hydrogens (tertiary/aromatic N) is 2. The van der Waals surface area contributed by atoms with Crippen molar-refractivity contribution in [3.05, 3.63) is 28.1 Å². The largest absolute Gasteiger partial charge is 0.295 e. The van der Waals surface area contributed by atoms with E-state index in [-0.39, 0.29) is 11.2 Å². The number of aryl methyl sites for hydroxylation is 2. The molecule has 0 saturated carbocycles. The minimum atomic E-state index is 0.0539. The van der Waals surface area contributed by atoms with Crippen LogP contribution < -0.4 is 0 Å². The van der Waals surface area contributed by atoms with E-state index in [0.29, 0.717) is 6.42 Å². The van der Waals surface area contributed by atoms with Crippen LogP contribution in [0.5, 0.6) is 0 Å². The van der Waals surface area contributed by atoms with Crippen LogP contribution in [0.25, 0.3) is 0 Å². The molecule has 20 heavy (non-hydrogen) atoms. The molecule has 0 atom stereocenters. The van der Waals surface area contributed by atoms with Crippen molar-refractivity contribution in [3.8, 4) is 0 Å². The van der Waals surface area contributed by atoms with Crippen LogP contribution in [0, 0.1) is 5.41 Å². The Morgan fingerprint density at radius 3 is 2.60 bits per heavy atom. The highest BCUT2D eigenvalue weighted by atomic mass is 35.5. The molecule has 1 heterocycles. The van der Waals surface area contributed by atoms with E-state index in [0.717, 1.165) is 42.2 Å². The zero-order chi connectivity index (χ0) is 14.9. The first-order valence-electron chi connectivity index (χ1n) is 7.32. The summed E-state index contributed by atoms with van der Waals surface area (Å²) in [6.45, 7) is 9.23. The fourth-order valence-corrected chi connectivity index (χ4v) is 3.33. The number of aromatic nitrogens is 2. The first kappa shape index (κ1) is 15.3. The molecule has 1 aliphatic rings. The molecule has 0 spiro atoms. The molecule has 3 nitrogen and oxygen atoms in total. The lowest BCUT2D eigenvalue weighted by atomic mass is 9.76. The highest BCUT2D eigenvalue weighted by Gasteiger charge is 2.28. The van der Waals surface area contributed by atoms with E-state index >= 15 is 0 Å². The maximum atomic E-state index is 11.8. The second kappa shape index (κ2) is 5.72. The van der Waals surface area contributed by atoms with Crippen molar-refractivity contribution in [2.45, 2.75) is 59.9 Å². The number of allylic oxidation sites excluding steroid dienone is 2. The van der Waals surface area contributed by atoms with Gasteiger partial charge in [-0.25, -0.2) is 0 Å². The van der Waals surface area contributed by atoms with Crippen LogP contribution in [0.2, 0.25) is 5.02 Å². The molecule has 2 rings (SSSR count). The van der Waals surface area contributed by atoms with Gasteiger partial charge in [0.25, 0.3) is 0 Å². The van der Waals surface area contributed by atoms with Gasteiger partial charge in [0.2, 0.25) is 0 Å². The Bertz CT molecular complexity index is 555. The molecule has 0 saturated heterocycles. The first-order chi connectivity index (χ1) is 9.36. The second-order valence-electron chi connectivity index (χ2n) is 6.34. The van der Waals surface area contributed by atoms with Crippen LogP contribution in [0.1, 0.15) is 51.9 Å². The van der Waals surface area contributed by atoms with Gasteiger partial charge in [0.05, 0.1) is 16.4 Å². The Kier molecular flexibility index (Phi) is 4.38. The molecule has 1 aromatic heterocycles. The van der Waals surface area contributed by atoms with E-state index in [2.05, 4.69) is 32.8 Å². The van der Waals surface area contributed by atoms with Crippen molar-refractivity contribution in [1.82, 2.24) is 9.78 Å². The highest BCUT2D eigenvalue weighted by Crippen LogP contribution is 2.36. The summed E-state index contributed by atoms with van der Waals surface area (Å²) in [7, 11) is 0. The number of halogens is 1. The lowest BCUT2D eigenvalue weighted by Crippen LogP contribution is -2.23. The lowest BCUT2D eigenvalue weighted by Gasteiger charge is -2.29. The molecule has 0 amide bonds. The van der Waals surface area contributed by atoms with Crippen molar-refractivity contribution in [3.63, 3.8) is 0 Å². The smallest absolute Gasteiger partial charge is 0.156 e. The Hall–Kier alpha value is -1.09. The predicted octanol–water partition coefficient (Wildman–Crippen LogP) is 3.98. The summed E-state index contributed by atoms with van der Waals surface area (Å²) in [5.74, 6) is 0.227. The third kappa shape index (κ3) is 3.14. The van der Waals surface area contributed by atoms with E-state index in [1.807, 2.05) is 4.68 Å². The van der Waals surface area contributed by atoms with Gasteiger partial charge in [-0.05, 0) is 31.3 Å². The van der Waals surface area contributed by atoms with E-state index in [4.69, 9.17) is 11.6 Å². The summed E-state index contributed by atoms with van der Waals surface area (Å²) < 4.78 is 1.97. The van der Waals surface area contributed by atoms with Gasteiger partial charge in [0.1, 0.15) is 0 Å². The normalized spacial score (nSPS) is 18.2. The maximum absolute atomic E-state index is 11.8. The fraction of sp³-hybridized carbons (Fsp3) is 0.625. The van der Waals surface area contributed by atoms with Gasteiger partial charge in [0, 0.05) is 19.4 Å². The van der Waals surface area contributed by atoms with Crippen LogP contribution in [-0.4, -0.2) is 15.6 Å². The zero-order valence-electron chi connectivity index (χ0n) is 12.8. The molecule has 0 fully saturated rings. The standard InChI is InChI=1S/C16H23ClN2O/c1-5-13-15(17)14(19(6-2)18-13)8-11-7-12(20)10-16(3,4)9-11/h7H,5-6,8-10H2,1-4H3. The summed E-state index contributed by atoms with van der Waals surface area (Å²) in [5.41, 5.74) is 3.22. The molecular formula is C16H23ClN2O. The van der Waals surface area contributed by atoms with Crippen molar-refractivity contribution in [2.24, 2.45) is 5.41 Å². The SMILES string of the molecule is CCc1nn(CC)c(CC2=CC(=O)CC(C)(C)C2)c1Cl. The van der Waals surface area contributed by atoms with E-state index in [9.17, 15) is 4.79 Å². The Balaban J connectivity index is 2.30. The van der Waals surface area contributed by atoms with Gasteiger partial charge < -0.3 is 0 Å². The van der Waals surface area contributed by atoms with Gasteiger partial charge in [-0.2, -0.15) is 5.10 Å². The maximum Gasteiger partial charge on any atom is 0.156 e. The van der Waals surface area contributed by atoms with Crippen molar-refractivity contribution in [2.75, 3.05) is 0 Å². The third-order valence-electron chi connectivity index (χ3n) is 3.81. The molecule has 0 aromatic carbocycles. The molecule has 1 aromatic rings. The van der Waals surface area contributed by atoms with Crippen molar-refractivity contribution >= 4 is 17.4 Å². The Morgan fingerprint density at radius 2 is 2.05 bits per heavy atom. The van der Waals surface area contributed by atoms with Gasteiger partial charge >= 0.3 is 0 Å². The molecule has 4 heteroatoms. The Labute approximate surface area is 126 Å². The van der Waals surface area contributed by atoms with Crippen LogP contribution in [0.15, 0.2) is 11.6 Å². The Morgan fingerprint density at radius 1 is 1.35 bits per heavy atom. The fourth-order valence-electron chi connectivity index (χ4n) is 2.99. The van der Waals surface area contributed by atoms with Gasteiger partial charge in [0.15, 0.2) is 5.78 Å².